The number of rotatable bonds is 6. The van der Waals surface area contributed by atoms with Crippen molar-refractivity contribution in [3.63, 3.8) is 0 Å². The van der Waals surface area contributed by atoms with Crippen LogP contribution >= 0.6 is 11.8 Å². The van der Waals surface area contributed by atoms with E-state index in [-0.39, 0.29) is 17.9 Å². The van der Waals surface area contributed by atoms with Crippen molar-refractivity contribution < 1.29 is 14.3 Å². The predicted molar refractivity (Wildman–Crippen MR) is 105 cm³/mol. The highest BCUT2D eigenvalue weighted by molar-refractivity contribution is 8.00. The maximum atomic E-state index is 12.5. The highest BCUT2D eigenvalue weighted by Crippen LogP contribution is 2.34. The van der Waals surface area contributed by atoms with E-state index >= 15 is 0 Å². The first kappa shape index (κ1) is 18.6. The summed E-state index contributed by atoms with van der Waals surface area (Å²) < 4.78 is 11.5. The van der Waals surface area contributed by atoms with Crippen molar-refractivity contribution in [3.05, 3.63) is 54.1 Å². The Morgan fingerprint density at radius 3 is 2.54 bits per heavy atom. The van der Waals surface area contributed by atoms with Gasteiger partial charge in [-0.2, -0.15) is 0 Å². The van der Waals surface area contributed by atoms with Crippen molar-refractivity contribution in [2.75, 3.05) is 19.0 Å². The number of thioether (sulfide) groups is 1. The summed E-state index contributed by atoms with van der Waals surface area (Å²) in [6.07, 6.45) is 0.880. The average molecular weight is 372 g/mol. The molecular weight excluding hydrogens is 346 g/mol. The van der Waals surface area contributed by atoms with Gasteiger partial charge >= 0.3 is 0 Å². The Kier molecular flexibility index (Phi) is 6.45. The maximum Gasteiger partial charge on any atom is 0.230 e. The molecular formula is C21H25NO3S. The monoisotopic (exact) mass is 371 g/mol. The van der Waals surface area contributed by atoms with Crippen LogP contribution in [0.1, 0.15) is 31.9 Å². The molecule has 0 unspecified atom stereocenters. The van der Waals surface area contributed by atoms with E-state index in [0.29, 0.717) is 19.0 Å². The number of ether oxygens (including phenoxy) is 2. The molecule has 0 aromatic heterocycles. The highest BCUT2D eigenvalue weighted by atomic mass is 32.2. The first-order chi connectivity index (χ1) is 12.6. The molecule has 1 N–H and O–H groups in total. The minimum absolute atomic E-state index is 0.0321. The molecule has 1 aliphatic heterocycles. The second-order valence-corrected chi connectivity index (χ2v) is 7.70. The van der Waals surface area contributed by atoms with Gasteiger partial charge in [-0.3, -0.25) is 4.79 Å². The SMILES string of the molecule is CC(C)[C@H](NC(=O)CSc1ccccc1)c1ccc2c(c1)OCCCO2. The van der Waals surface area contributed by atoms with Crippen LogP contribution in [0.5, 0.6) is 11.5 Å². The smallest absolute Gasteiger partial charge is 0.230 e. The van der Waals surface area contributed by atoms with Crippen LogP contribution in [0.4, 0.5) is 0 Å². The molecule has 1 atom stereocenters. The van der Waals surface area contributed by atoms with Crippen LogP contribution in [0.3, 0.4) is 0 Å². The zero-order valence-electron chi connectivity index (χ0n) is 15.2. The number of carbonyl (C=O) groups is 1. The number of fused-ring (bicyclic) bond motifs is 1. The largest absolute Gasteiger partial charge is 0.490 e. The summed E-state index contributed by atoms with van der Waals surface area (Å²) in [6, 6.07) is 15.9. The third-order valence-corrected chi connectivity index (χ3v) is 5.24. The van der Waals surface area contributed by atoms with Gasteiger partial charge in [0.15, 0.2) is 11.5 Å². The third kappa shape index (κ3) is 4.94. The molecule has 2 aromatic carbocycles. The van der Waals surface area contributed by atoms with Crippen molar-refractivity contribution in [1.82, 2.24) is 5.32 Å². The molecule has 0 bridgehead atoms. The summed E-state index contributed by atoms with van der Waals surface area (Å²) in [5.41, 5.74) is 1.04. The van der Waals surface area contributed by atoms with Crippen LogP contribution in [-0.2, 0) is 4.79 Å². The van der Waals surface area contributed by atoms with Gasteiger partial charge in [-0.1, -0.05) is 38.1 Å². The van der Waals surface area contributed by atoms with Gasteiger partial charge < -0.3 is 14.8 Å². The van der Waals surface area contributed by atoms with Gasteiger partial charge in [0.2, 0.25) is 5.91 Å². The first-order valence-electron chi connectivity index (χ1n) is 9.00. The van der Waals surface area contributed by atoms with Crippen LogP contribution in [0.25, 0.3) is 0 Å². The van der Waals surface area contributed by atoms with Crippen molar-refractivity contribution >= 4 is 17.7 Å². The summed E-state index contributed by atoms with van der Waals surface area (Å²) in [4.78, 5) is 13.6. The van der Waals surface area contributed by atoms with Gasteiger partial charge in [0.05, 0.1) is 25.0 Å². The lowest BCUT2D eigenvalue weighted by atomic mass is 9.95. The fraction of sp³-hybridized carbons (Fsp3) is 0.381. The lowest BCUT2D eigenvalue weighted by Gasteiger charge is -2.24. The molecule has 1 heterocycles. The van der Waals surface area contributed by atoms with Crippen molar-refractivity contribution in [2.24, 2.45) is 5.92 Å². The number of amides is 1. The van der Waals surface area contributed by atoms with E-state index in [1.807, 2.05) is 48.5 Å². The van der Waals surface area contributed by atoms with Crippen LogP contribution in [-0.4, -0.2) is 24.9 Å². The maximum absolute atomic E-state index is 12.5. The molecule has 0 spiro atoms. The molecule has 0 saturated carbocycles. The molecule has 1 aliphatic rings. The van der Waals surface area contributed by atoms with E-state index in [0.717, 1.165) is 28.4 Å². The molecule has 0 fully saturated rings. The summed E-state index contributed by atoms with van der Waals surface area (Å²) in [7, 11) is 0. The number of nitrogens with one attached hydrogen (secondary N) is 1. The Hall–Kier alpha value is -2.14. The summed E-state index contributed by atoms with van der Waals surface area (Å²) in [5.74, 6) is 2.24. The van der Waals surface area contributed by atoms with Crippen LogP contribution in [0, 0.1) is 5.92 Å². The quantitative estimate of drug-likeness (QED) is 0.762. The lowest BCUT2D eigenvalue weighted by Crippen LogP contribution is -2.33. The Morgan fingerprint density at radius 1 is 1.08 bits per heavy atom. The number of hydrogen-bond donors (Lipinski definition) is 1. The van der Waals surface area contributed by atoms with Gasteiger partial charge in [0, 0.05) is 11.3 Å². The minimum atomic E-state index is -0.0592. The molecule has 2 aromatic rings. The van der Waals surface area contributed by atoms with Gasteiger partial charge in [0.1, 0.15) is 0 Å². The zero-order valence-corrected chi connectivity index (χ0v) is 16.1. The van der Waals surface area contributed by atoms with Crippen LogP contribution in [0.2, 0.25) is 0 Å². The Bertz CT molecular complexity index is 733. The molecule has 0 aliphatic carbocycles. The molecule has 0 saturated heterocycles. The van der Waals surface area contributed by atoms with Crippen molar-refractivity contribution in [2.45, 2.75) is 31.2 Å². The number of hydrogen-bond acceptors (Lipinski definition) is 4. The molecule has 3 rings (SSSR count). The molecule has 1 amide bonds. The van der Waals surface area contributed by atoms with Gasteiger partial charge in [-0.05, 0) is 35.7 Å². The Labute approximate surface area is 159 Å². The lowest BCUT2D eigenvalue weighted by molar-refractivity contribution is -0.119. The van der Waals surface area contributed by atoms with Crippen LogP contribution < -0.4 is 14.8 Å². The second-order valence-electron chi connectivity index (χ2n) is 6.65. The second kappa shape index (κ2) is 8.99. The van der Waals surface area contributed by atoms with E-state index in [4.69, 9.17) is 9.47 Å². The third-order valence-electron chi connectivity index (χ3n) is 4.23. The highest BCUT2D eigenvalue weighted by Gasteiger charge is 2.21. The van der Waals surface area contributed by atoms with E-state index in [9.17, 15) is 4.79 Å². The summed E-state index contributed by atoms with van der Waals surface area (Å²) >= 11 is 1.55. The van der Waals surface area contributed by atoms with Gasteiger partial charge in [-0.15, -0.1) is 11.8 Å². The van der Waals surface area contributed by atoms with Crippen LogP contribution in [0.15, 0.2) is 53.4 Å². The molecule has 26 heavy (non-hydrogen) atoms. The average Bonchev–Trinajstić information content (AvgIpc) is 2.90. The molecule has 5 heteroatoms. The predicted octanol–water partition coefficient (Wildman–Crippen LogP) is 4.45. The van der Waals surface area contributed by atoms with Crippen molar-refractivity contribution in [1.29, 1.82) is 0 Å². The molecule has 4 nitrogen and oxygen atoms in total. The summed E-state index contributed by atoms with van der Waals surface area (Å²) in [6.45, 7) is 5.55. The van der Waals surface area contributed by atoms with E-state index < -0.39 is 0 Å². The van der Waals surface area contributed by atoms with E-state index in [2.05, 4.69) is 19.2 Å². The Morgan fingerprint density at radius 2 is 1.81 bits per heavy atom. The van der Waals surface area contributed by atoms with Crippen molar-refractivity contribution in [3.8, 4) is 11.5 Å². The first-order valence-corrected chi connectivity index (χ1v) is 9.99. The fourth-order valence-electron chi connectivity index (χ4n) is 2.89. The summed E-state index contributed by atoms with van der Waals surface area (Å²) in [5, 5.41) is 3.17. The number of benzene rings is 2. The molecule has 0 radical (unpaired) electrons. The standard InChI is InChI=1S/C21H25NO3S/c1-15(2)21(22-20(23)14-26-17-7-4-3-5-8-17)16-9-10-18-19(13-16)25-12-6-11-24-18/h3-5,7-10,13,15,21H,6,11-12,14H2,1-2H3,(H,22,23)/t21-/m0/s1. The normalized spacial score (nSPS) is 14.6. The van der Waals surface area contributed by atoms with E-state index in [1.165, 1.54) is 0 Å². The van der Waals surface area contributed by atoms with E-state index in [1.54, 1.807) is 11.8 Å². The zero-order chi connectivity index (χ0) is 18.4. The fourth-order valence-corrected chi connectivity index (χ4v) is 3.62. The van der Waals surface area contributed by atoms with Gasteiger partial charge in [0.25, 0.3) is 0 Å². The minimum Gasteiger partial charge on any atom is -0.490 e. The number of carbonyl (C=O) groups excluding carboxylic acids is 1. The van der Waals surface area contributed by atoms with Gasteiger partial charge in [-0.25, -0.2) is 0 Å². The Balaban J connectivity index is 1.67. The topological polar surface area (TPSA) is 47.6 Å². The molecule has 138 valence electrons.